The fourth-order valence-corrected chi connectivity index (χ4v) is 2.28. The zero-order valence-corrected chi connectivity index (χ0v) is 12.8. The Balaban J connectivity index is 1.96. The van der Waals surface area contributed by atoms with Crippen LogP contribution in [0.3, 0.4) is 0 Å². The van der Waals surface area contributed by atoms with Gasteiger partial charge < -0.3 is 10.1 Å². The van der Waals surface area contributed by atoms with Gasteiger partial charge in [0.2, 0.25) is 5.91 Å². The number of benzene rings is 1. The molecule has 0 bridgehead atoms. The summed E-state index contributed by atoms with van der Waals surface area (Å²) in [6.45, 7) is 6.84. The molecule has 114 valence electrons. The fraction of sp³-hybridized carbons (Fsp3) is 0.500. The predicted octanol–water partition coefficient (Wildman–Crippen LogP) is 2.54. The largest absolute Gasteiger partial charge is 0.442 e. The molecule has 0 aromatic heterocycles. The highest BCUT2D eigenvalue weighted by Gasteiger charge is 2.32. The van der Waals surface area contributed by atoms with Crippen molar-refractivity contribution in [3.05, 3.63) is 29.3 Å². The first kappa shape index (κ1) is 15.4. The highest BCUT2D eigenvalue weighted by molar-refractivity contribution is 5.90. The summed E-state index contributed by atoms with van der Waals surface area (Å²) in [6.07, 6.45) is 0.667. The highest BCUT2D eigenvalue weighted by atomic mass is 16.6. The molecule has 0 spiro atoms. The Morgan fingerprint density at radius 1 is 1.38 bits per heavy atom. The van der Waals surface area contributed by atoms with E-state index < -0.39 is 0 Å². The summed E-state index contributed by atoms with van der Waals surface area (Å²) < 4.78 is 5.30. The number of ether oxygens (including phenoxy) is 1. The average Bonchev–Trinajstić information content (AvgIpc) is 2.81. The van der Waals surface area contributed by atoms with Crippen LogP contribution in [0.5, 0.6) is 0 Å². The van der Waals surface area contributed by atoms with Crippen LogP contribution in [0.15, 0.2) is 18.2 Å². The number of carbonyl (C=O) groups excluding carboxylic acids is 2. The van der Waals surface area contributed by atoms with E-state index in [-0.39, 0.29) is 18.1 Å². The van der Waals surface area contributed by atoms with Crippen LogP contribution in [0.4, 0.5) is 10.5 Å². The normalized spacial score (nSPS) is 17.8. The maximum atomic E-state index is 11.9. The van der Waals surface area contributed by atoms with Crippen molar-refractivity contribution in [2.75, 3.05) is 18.0 Å². The average molecular weight is 290 g/mol. The second-order valence-electron chi connectivity index (χ2n) is 5.44. The first-order valence-electron chi connectivity index (χ1n) is 7.33. The molecule has 0 saturated carbocycles. The maximum Gasteiger partial charge on any atom is 0.414 e. The second kappa shape index (κ2) is 6.61. The molecule has 1 aromatic rings. The Kier molecular flexibility index (Phi) is 4.83. The Morgan fingerprint density at radius 3 is 2.81 bits per heavy atom. The van der Waals surface area contributed by atoms with Crippen molar-refractivity contribution in [2.24, 2.45) is 0 Å². The molecule has 2 amide bonds. The van der Waals surface area contributed by atoms with Crippen LogP contribution in [0.25, 0.3) is 0 Å². The Labute approximate surface area is 125 Å². The van der Waals surface area contributed by atoms with Gasteiger partial charge in [0.05, 0.1) is 13.1 Å². The van der Waals surface area contributed by atoms with Crippen molar-refractivity contribution in [3.63, 3.8) is 0 Å². The van der Waals surface area contributed by atoms with Crippen LogP contribution in [0.1, 0.15) is 30.9 Å². The first-order valence-corrected chi connectivity index (χ1v) is 7.33. The maximum absolute atomic E-state index is 11.9. The lowest BCUT2D eigenvalue weighted by Crippen LogP contribution is -2.34. The molecule has 5 heteroatoms. The summed E-state index contributed by atoms with van der Waals surface area (Å²) in [6, 6.07) is 5.89. The number of cyclic esters (lactones) is 1. The minimum atomic E-state index is -0.354. The van der Waals surface area contributed by atoms with Gasteiger partial charge in [-0.15, -0.1) is 0 Å². The minimum Gasteiger partial charge on any atom is -0.442 e. The quantitative estimate of drug-likeness (QED) is 0.906. The molecule has 1 unspecified atom stereocenters. The molecule has 2 rings (SSSR count). The van der Waals surface area contributed by atoms with Crippen LogP contribution in [0.2, 0.25) is 0 Å². The van der Waals surface area contributed by atoms with Gasteiger partial charge in [0.1, 0.15) is 6.10 Å². The molecule has 1 aliphatic rings. The number of hydrogen-bond acceptors (Lipinski definition) is 3. The lowest BCUT2D eigenvalue weighted by molar-refractivity contribution is -0.121. The molecule has 1 atom stereocenters. The van der Waals surface area contributed by atoms with E-state index in [4.69, 9.17) is 4.74 Å². The third-order valence-corrected chi connectivity index (χ3v) is 3.68. The SMILES string of the molecule is CCCC(=O)NCC1CN(c2ccc(C)c(C)c2)C(=O)O1. The molecule has 1 N–H and O–H groups in total. The molecule has 21 heavy (non-hydrogen) atoms. The van der Waals surface area contributed by atoms with E-state index >= 15 is 0 Å². The third-order valence-electron chi connectivity index (χ3n) is 3.68. The summed E-state index contributed by atoms with van der Waals surface area (Å²) in [7, 11) is 0. The zero-order chi connectivity index (χ0) is 15.4. The highest BCUT2D eigenvalue weighted by Crippen LogP contribution is 2.23. The van der Waals surface area contributed by atoms with Gasteiger partial charge in [-0.05, 0) is 43.5 Å². The van der Waals surface area contributed by atoms with Gasteiger partial charge >= 0.3 is 6.09 Å². The van der Waals surface area contributed by atoms with Gasteiger partial charge in [-0.25, -0.2) is 4.79 Å². The number of anilines is 1. The van der Waals surface area contributed by atoms with Gasteiger partial charge in [0, 0.05) is 12.1 Å². The van der Waals surface area contributed by atoms with Crippen LogP contribution in [-0.2, 0) is 9.53 Å². The van der Waals surface area contributed by atoms with Crippen LogP contribution in [0, 0.1) is 13.8 Å². The first-order chi connectivity index (χ1) is 10.0. The lowest BCUT2D eigenvalue weighted by Gasteiger charge is -2.14. The number of amides is 2. The Morgan fingerprint density at radius 2 is 2.14 bits per heavy atom. The number of carbonyl (C=O) groups is 2. The molecule has 5 nitrogen and oxygen atoms in total. The smallest absolute Gasteiger partial charge is 0.414 e. The number of aryl methyl sites for hydroxylation is 2. The summed E-state index contributed by atoms with van der Waals surface area (Å²) in [5.41, 5.74) is 3.17. The van der Waals surface area contributed by atoms with Crippen molar-refractivity contribution in [1.82, 2.24) is 5.32 Å². The second-order valence-corrected chi connectivity index (χ2v) is 5.44. The van der Waals surface area contributed by atoms with E-state index in [0.29, 0.717) is 19.5 Å². The number of hydrogen-bond donors (Lipinski definition) is 1. The lowest BCUT2D eigenvalue weighted by atomic mass is 10.1. The molecule has 1 heterocycles. The van der Waals surface area contributed by atoms with Crippen molar-refractivity contribution in [2.45, 2.75) is 39.7 Å². The molecular formula is C16H22N2O3. The van der Waals surface area contributed by atoms with E-state index in [2.05, 4.69) is 5.32 Å². The Hall–Kier alpha value is -2.04. The number of rotatable bonds is 5. The molecule has 0 radical (unpaired) electrons. The molecular weight excluding hydrogens is 268 g/mol. The fourth-order valence-electron chi connectivity index (χ4n) is 2.28. The van der Waals surface area contributed by atoms with Crippen LogP contribution < -0.4 is 10.2 Å². The minimum absolute atomic E-state index is 0.00169. The number of nitrogens with zero attached hydrogens (tertiary/aromatic N) is 1. The van der Waals surface area contributed by atoms with Crippen molar-refractivity contribution < 1.29 is 14.3 Å². The summed E-state index contributed by atoms with van der Waals surface area (Å²) in [5.74, 6) is -0.00169. The van der Waals surface area contributed by atoms with Gasteiger partial charge in [0.15, 0.2) is 0 Å². The van der Waals surface area contributed by atoms with E-state index in [9.17, 15) is 9.59 Å². The predicted molar refractivity (Wildman–Crippen MR) is 81.4 cm³/mol. The zero-order valence-electron chi connectivity index (χ0n) is 12.8. The van der Waals surface area contributed by atoms with Gasteiger partial charge in [-0.2, -0.15) is 0 Å². The van der Waals surface area contributed by atoms with E-state index in [1.165, 1.54) is 5.56 Å². The standard InChI is InChI=1S/C16H22N2O3/c1-4-5-15(19)17-9-14-10-18(16(20)21-14)13-7-6-11(2)12(3)8-13/h6-8,14H,4-5,9-10H2,1-3H3,(H,17,19). The molecule has 1 aliphatic heterocycles. The van der Waals surface area contributed by atoms with Gasteiger partial charge in [-0.3, -0.25) is 9.69 Å². The third kappa shape index (κ3) is 3.74. The summed E-state index contributed by atoms with van der Waals surface area (Å²) in [5, 5.41) is 2.80. The van der Waals surface area contributed by atoms with E-state index in [1.807, 2.05) is 39.0 Å². The summed E-state index contributed by atoms with van der Waals surface area (Å²) >= 11 is 0. The topological polar surface area (TPSA) is 58.6 Å². The molecule has 1 saturated heterocycles. The van der Waals surface area contributed by atoms with Crippen LogP contribution in [-0.4, -0.2) is 31.2 Å². The number of nitrogens with one attached hydrogen (secondary N) is 1. The van der Waals surface area contributed by atoms with Crippen molar-refractivity contribution in [1.29, 1.82) is 0 Å². The summed E-state index contributed by atoms with van der Waals surface area (Å²) in [4.78, 5) is 25.0. The van der Waals surface area contributed by atoms with Crippen molar-refractivity contribution >= 4 is 17.7 Å². The van der Waals surface area contributed by atoms with Gasteiger partial charge in [0.25, 0.3) is 0 Å². The monoisotopic (exact) mass is 290 g/mol. The Bertz CT molecular complexity index is 542. The molecule has 1 aromatic carbocycles. The van der Waals surface area contributed by atoms with Gasteiger partial charge in [-0.1, -0.05) is 13.0 Å². The molecule has 0 aliphatic carbocycles. The van der Waals surface area contributed by atoms with E-state index in [1.54, 1.807) is 4.90 Å². The van der Waals surface area contributed by atoms with Crippen molar-refractivity contribution in [3.8, 4) is 0 Å². The van der Waals surface area contributed by atoms with Crippen LogP contribution >= 0.6 is 0 Å². The van der Waals surface area contributed by atoms with E-state index in [0.717, 1.165) is 17.7 Å². The molecule has 1 fully saturated rings.